The van der Waals surface area contributed by atoms with Crippen molar-refractivity contribution in [2.75, 3.05) is 20.8 Å². The number of aromatic nitrogens is 3. The molecule has 14 heavy (non-hydrogen) atoms. The van der Waals surface area contributed by atoms with Gasteiger partial charge in [0.2, 0.25) is 0 Å². The first-order valence-electron chi connectivity index (χ1n) is 4.18. The van der Waals surface area contributed by atoms with Crippen LogP contribution in [-0.2, 0) is 9.47 Å². The molecule has 6 nitrogen and oxygen atoms in total. The van der Waals surface area contributed by atoms with Gasteiger partial charge >= 0.3 is 5.97 Å². The molecule has 1 aromatic rings. The number of ether oxygens (including phenoxy) is 2. The fourth-order valence-electron chi connectivity index (χ4n) is 1.01. The Morgan fingerprint density at radius 3 is 2.93 bits per heavy atom. The molecular formula is C8H13N3O3. The molecule has 1 atom stereocenters. The Bertz CT molecular complexity index is 311. The van der Waals surface area contributed by atoms with E-state index < -0.39 is 5.97 Å². The molecule has 1 unspecified atom stereocenters. The highest BCUT2D eigenvalue weighted by molar-refractivity contribution is 5.86. The van der Waals surface area contributed by atoms with Crippen molar-refractivity contribution in [2.24, 2.45) is 0 Å². The average molecular weight is 199 g/mol. The van der Waals surface area contributed by atoms with E-state index in [1.54, 1.807) is 11.8 Å². The maximum absolute atomic E-state index is 11.0. The molecule has 0 aromatic carbocycles. The Hall–Kier alpha value is -1.43. The van der Waals surface area contributed by atoms with Crippen LogP contribution >= 0.6 is 0 Å². The highest BCUT2D eigenvalue weighted by Gasteiger charge is 2.13. The zero-order valence-corrected chi connectivity index (χ0v) is 8.43. The number of esters is 1. The van der Waals surface area contributed by atoms with Gasteiger partial charge in [0.1, 0.15) is 0 Å². The standard InChI is InChI=1S/C8H13N3O3/c1-6(5-13-2)11-4-7(9-10-11)8(12)14-3/h4,6H,5H2,1-3H3. The minimum absolute atomic E-state index is 0.0471. The third-order valence-corrected chi connectivity index (χ3v) is 1.76. The molecule has 0 aliphatic heterocycles. The fourth-order valence-corrected chi connectivity index (χ4v) is 1.01. The molecule has 1 aromatic heterocycles. The molecule has 6 heteroatoms. The third-order valence-electron chi connectivity index (χ3n) is 1.76. The Kier molecular flexibility index (Phi) is 3.58. The van der Waals surface area contributed by atoms with Gasteiger partial charge in [-0.25, -0.2) is 9.48 Å². The van der Waals surface area contributed by atoms with E-state index in [4.69, 9.17) is 4.74 Å². The summed E-state index contributed by atoms with van der Waals surface area (Å²) in [6.07, 6.45) is 1.54. The van der Waals surface area contributed by atoms with Crippen molar-refractivity contribution in [1.29, 1.82) is 0 Å². The van der Waals surface area contributed by atoms with E-state index in [1.165, 1.54) is 13.3 Å². The summed E-state index contributed by atoms with van der Waals surface area (Å²) in [6, 6.07) is 0.0471. The first kappa shape index (κ1) is 10.6. The number of hydrogen-bond donors (Lipinski definition) is 0. The van der Waals surface area contributed by atoms with Crippen LogP contribution in [0.3, 0.4) is 0 Å². The summed E-state index contributed by atoms with van der Waals surface area (Å²) in [7, 11) is 2.91. The fraction of sp³-hybridized carbons (Fsp3) is 0.625. The summed E-state index contributed by atoms with van der Waals surface area (Å²) >= 11 is 0. The first-order chi connectivity index (χ1) is 6.69. The third kappa shape index (κ3) is 2.29. The lowest BCUT2D eigenvalue weighted by atomic mass is 10.4. The topological polar surface area (TPSA) is 66.2 Å². The molecule has 0 N–H and O–H groups in total. The lowest BCUT2D eigenvalue weighted by molar-refractivity contribution is 0.0594. The number of carbonyl (C=O) groups excluding carboxylic acids is 1. The van der Waals surface area contributed by atoms with Crippen molar-refractivity contribution < 1.29 is 14.3 Å². The van der Waals surface area contributed by atoms with Crippen LogP contribution in [0.25, 0.3) is 0 Å². The quantitative estimate of drug-likeness (QED) is 0.651. The Balaban J connectivity index is 2.72. The van der Waals surface area contributed by atoms with E-state index in [-0.39, 0.29) is 11.7 Å². The van der Waals surface area contributed by atoms with Gasteiger partial charge in [0.15, 0.2) is 5.69 Å². The van der Waals surface area contributed by atoms with Crippen LogP contribution in [-0.4, -0.2) is 41.8 Å². The number of rotatable bonds is 4. The van der Waals surface area contributed by atoms with Crippen LogP contribution in [0.1, 0.15) is 23.5 Å². The van der Waals surface area contributed by atoms with E-state index in [0.717, 1.165) is 0 Å². The predicted octanol–water partition coefficient (Wildman–Crippen LogP) is 0.272. The summed E-state index contributed by atoms with van der Waals surface area (Å²) in [4.78, 5) is 11.0. The van der Waals surface area contributed by atoms with Gasteiger partial charge in [-0.3, -0.25) is 0 Å². The summed E-state index contributed by atoms with van der Waals surface area (Å²) in [5.41, 5.74) is 0.204. The van der Waals surface area contributed by atoms with Gasteiger partial charge in [0.05, 0.1) is 26.0 Å². The van der Waals surface area contributed by atoms with Crippen LogP contribution in [0.4, 0.5) is 0 Å². The molecule has 0 spiro atoms. The van der Waals surface area contributed by atoms with Gasteiger partial charge in [-0.2, -0.15) is 0 Å². The predicted molar refractivity (Wildman–Crippen MR) is 47.9 cm³/mol. The van der Waals surface area contributed by atoms with E-state index in [1.807, 2.05) is 6.92 Å². The molecule has 1 rings (SSSR count). The van der Waals surface area contributed by atoms with E-state index in [0.29, 0.717) is 6.61 Å². The number of methoxy groups -OCH3 is 2. The molecule has 0 saturated heterocycles. The summed E-state index contributed by atoms with van der Waals surface area (Å²) < 4.78 is 11.0. The number of hydrogen-bond acceptors (Lipinski definition) is 5. The maximum atomic E-state index is 11.0. The molecule has 0 radical (unpaired) electrons. The molecule has 0 saturated carbocycles. The molecule has 0 aliphatic carbocycles. The Morgan fingerprint density at radius 1 is 1.64 bits per heavy atom. The summed E-state index contributed by atoms with van der Waals surface area (Å²) in [5.74, 6) is -0.485. The molecular weight excluding hydrogens is 186 g/mol. The molecule has 1 heterocycles. The SMILES string of the molecule is COCC(C)n1cc(C(=O)OC)nn1. The van der Waals surface area contributed by atoms with Crippen molar-refractivity contribution in [3.05, 3.63) is 11.9 Å². The minimum Gasteiger partial charge on any atom is -0.464 e. The second-order valence-corrected chi connectivity index (χ2v) is 2.88. The van der Waals surface area contributed by atoms with Crippen molar-refractivity contribution in [1.82, 2.24) is 15.0 Å². The van der Waals surface area contributed by atoms with E-state index in [9.17, 15) is 4.79 Å². The summed E-state index contributed by atoms with van der Waals surface area (Å²) in [6.45, 7) is 2.43. The second kappa shape index (κ2) is 4.71. The monoisotopic (exact) mass is 199 g/mol. The number of nitrogens with zero attached hydrogens (tertiary/aromatic N) is 3. The van der Waals surface area contributed by atoms with Gasteiger partial charge in [-0.15, -0.1) is 5.10 Å². The van der Waals surface area contributed by atoms with Crippen LogP contribution in [0.2, 0.25) is 0 Å². The van der Waals surface area contributed by atoms with Crippen molar-refractivity contribution in [2.45, 2.75) is 13.0 Å². The van der Waals surface area contributed by atoms with E-state index in [2.05, 4.69) is 15.0 Å². The lowest BCUT2D eigenvalue weighted by Crippen LogP contribution is -2.11. The Labute approximate surface area is 81.8 Å². The van der Waals surface area contributed by atoms with Crippen LogP contribution in [0, 0.1) is 0 Å². The minimum atomic E-state index is -0.485. The van der Waals surface area contributed by atoms with Crippen LogP contribution in [0.5, 0.6) is 0 Å². The second-order valence-electron chi connectivity index (χ2n) is 2.88. The van der Waals surface area contributed by atoms with Crippen molar-refractivity contribution in [3.63, 3.8) is 0 Å². The zero-order chi connectivity index (χ0) is 10.6. The molecule has 0 fully saturated rings. The van der Waals surface area contributed by atoms with Gasteiger partial charge in [-0.1, -0.05) is 5.21 Å². The van der Waals surface area contributed by atoms with Gasteiger partial charge in [0, 0.05) is 7.11 Å². The molecule has 0 amide bonds. The molecule has 78 valence electrons. The summed E-state index contributed by atoms with van der Waals surface area (Å²) in [5, 5.41) is 7.46. The number of carbonyl (C=O) groups is 1. The van der Waals surface area contributed by atoms with Gasteiger partial charge in [0.25, 0.3) is 0 Å². The van der Waals surface area contributed by atoms with E-state index >= 15 is 0 Å². The zero-order valence-electron chi connectivity index (χ0n) is 8.43. The normalized spacial score (nSPS) is 12.5. The average Bonchev–Trinajstić information content (AvgIpc) is 2.66. The van der Waals surface area contributed by atoms with Crippen LogP contribution in [0.15, 0.2) is 6.20 Å². The molecule has 0 bridgehead atoms. The lowest BCUT2D eigenvalue weighted by Gasteiger charge is -2.08. The largest absolute Gasteiger partial charge is 0.464 e. The van der Waals surface area contributed by atoms with Crippen molar-refractivity contribution >= 4 is 5.97 Å². The van der Waals surface area contributed by atoms with Gasteiger partial charge in [-0.05, 0) is 6.92 Å². The van der Waals surface area contributed by atoms with Crippen molar-refractivity contribution in [3.8, 4) is 0 Å². The Morgan fingerprint density at radius 2 is 2.36 bits per heavy atom. The maximum Gasteiger partial charge on any atom is 0.360 e. The highest BCUT2D eigenvalue weighted by Crippen LogP contribution is 2.05. The molecule has 0 aliphatic rings. The first-order valence-corrected chi connectivity index (χ1v) is 4.18. The van der Waals surface area contributed by atoms with Gasteiger partial charge < -0.3 is 9.47 Å². The van der Waals surface area contributed by atoms with Crippen LogP contribution < -0.4 is 0 Å². The smallest absolute Gasteiger partial charge is 0.360 e. The highest BCUT2D eigenvalue weighted by atomic mass is 16.5.